The molecule has 0 saturated carbocycles. The van der Waals surface area contributed by atoms with Gasteiger partial charge >= 0.3 is 0 Å². The molecule has 0 aliphatic carbocycles. The fourth-order valence-corrected chi connectivity index (χ4v) is 2.15. The van der Waals surface area contributed by atoms with Crippen LogP contribution >= 0.6 is 0 Å². The largest absolute Gasteiger partial charge is 0.441 e. The first-order valence-electron chi connectivity index (χ1n) is 6.39. The molecule has 0 atom stereocenters. The number of fused-ring (bicyclic) bond motifs is 1. The first-order valence-corrected chi connectivity index (χ1v) is 6.39. The number of nitrogens with one attached hydrogen (secondary N) is 1. The zero-order chi connectivity index (χ0) is 12.4. The molecule has 3 heteroatoms. The van der Waals surface area contributed by atoms with Gasteiger partial charge in [0.25, 0.3) is 0 Å². The monoisotopic (exact) mass is 242 g/mol. The van der Waals surface area contributed by atoms with Gasteiger partial charge in [0, 0.05) is 30.5 Å². The van der Waals surface area contributed by atoms with Gasteiger partial charge in [-0.15, -0.1) is 0 Å². The van der Waals surface area contributed by atoms with Crippen LogP contribution in [0.15, 0.2) is 41.1 Å². The van der Waals surface area contributed by atoms with E-state index in [0.717, 1.165) is 42.0 Å². The normalized spacial score (nSPS) is 11.2. The molecule has 0 amide bonds. The van der Waals surface area contributed by atoms with E-state index in [9.17, 15) is 0 Å². The van der Waals surface area contributed by atoms with Crippen LogP contribution in [0.25, 0.3) is 22.2 Å². The molecule has 0 aliphatic rings. The molecule has 0 spiro atoms. The highest BCUT2D eigenvalue weighted by molar-refractivity contribution is 5.93. The van der Waals surface area contributed by atoms with Crippen LogP contribution in [0.3, 0.4) is 0 Å². The molecule has 3 nitrogen and oxygen atoms in total. The lowest BCUT2D eigenvalue weighted by atomic mass is 10.1. The number of H-pyrrole nitrogens is 1. The molecule has 18 heavy (non-hydrogen) atoms. The molecule has 0 saturated heterocycles. The van der Waals surface area contributed by atoms with Crippen molar-refractivity contribution in [3.8, 4) is 11.3 Å². The van der Waals surface area contributed by atoms with E-state index < -0.39 is 0 Å². The van der Waals surface area contributed by atoms with Crippen molar-refractivity contribution in [3.63, 3.8) is 0 Å². The summed E-state index contributed by atoms with van der Waals surface area (Å²) in [5.41, 5.74) is 2.21. The molecule has 1 aromatic carbocycles. The van der Waals surface area contributed by atoms with Gasteiger partial charge in [0.1, 0.15) is 0 Å². The zero-order valence-corrected chi connectivity index (χ0v) is 10.4. The van der Waals surface area contributed by atoms with Crippen molar-refractivity contribution in [2.75, 3.05) is 0 Å². The fraction of sp³-hybridized carbons (Fsp3) is 0.267. The second-order valence-corrected chi connectivity index (χ2v) is 4.47. The molecule has 0 fully saturated rings. The Labute approximate surface area is 107 Å². The van der Waals surface area contributed by atoms with Gasteiger partial charge in [-0.3, -0.25) is 0 Å². The molecule has 3 rings (SSSR count). The van der Waals surface area contributed by atoms with Gasteiger partial charge in [-0.05, 0) is 12.5 Å². The highest BCUT2D eigenvalue weighted by Crippen LogP contribution is 2.29. The van der Waals surface area contributed by atoms with Crippen molar-refractivity contribution in [1.29, 1.82) is 0 Å². The summed E-state index contributed by atoms with van der Waals surface area (Å²) < 4.78 is 5.81. The lowest BCUT2D eigenvalue weighted by Crippen LogP contribution is -1.82. The average molecular weight is 242 g/mol. The maximum Gasteiger partial charge on any atom is 0.194 e. The summed E-state index contributed by atoms with van der Waals surface area (Å²) in [6.45, 7) is 2.17. The lowest BCUT2D eigenvalue weighted by Gasteiger charge is -1.94. The minimum Gasteiger partial charge on any atom is -0.441 e. The van der Waals surface area contributed by atoms with Crippen LogP contribution in [0.5, 0.6) is 0 Å². The lowest BCUT2D eigenvalue weighted by molar-refractivity contribution is 0.497. The zero-order valence-electron chi connectivity index (χ0n) is 10.4. The summed E-state index contributed by atoms with van der Waals surface area (Å²) in [6.07, 6.45) is 6.99. The number of aryl methyl sites for hydroxylation is 1. The van der Waals surface area contributed by atoms with Crippen molar-refractivity contribution in [1.82, 2.24) is 9.97 Å². The van der Waals surface area contributed by atoms with Crippen molar-refractivity contribution in [2.45, 2.75) is 26.2 Å². The molecule has 2 aromatic heterocycles. The predicted molar refractivity (Wildman–Crippen MR) is 74.5 cm³/mol. The highest BCUT2D eigenvalue weighted by atomic mass is 16.4. The van der Waals surface area contributed by atoms with Crippen LogP contribution in [0.4, 0.5) is 0 Å². The minimum atomic E-state index is 0. The Morgan fingerprint density at radius 2 is 2.22 bits per heavy atom. The number of para-hydroxylation sites is 1. The fourth-order valence-electron chi connectivity index (χ4n) is 2.15. The Hall–Kier alpha value is -2.03. The SMILES string of the molecule is CCCCc1ncc(-c2c[nH]c3ccccc23)o1.[HH]. The smallest absolute Gasteiger partial charge is 0.194 e. The van der Waals surface area contributed by atoms with Gasteiger partial charge in [0.15, 0.2) is 11.7 Å². The number of hydrogen-bond acceptors (Lipinski definition) is 2. The summed E-state index contributed by atoms with van der Waals surface area (Å²) in [5.74, 6) is 1.68. The van der Waals surface area contributed by atoms with E-state index >= 15 is 0 Å². The molecule has 0 unspecified atom stereocenters. The van der Waals surface area contributed by atoms with Crippen molar-refractivity contribution >= 4 is 10.9 Å². The summed E-state index contributed by atoms with van der Waals surface area (Å²) in [6, 6.07) is 8.21. The number of benzene rings is 1. The van der Waals surface area contributed by atoms with E-state index in [1.807, 2.05) is 24.5 Å². The van der Waals surface area contributed by atoms with Gasteiger partial charge in [0.05, 0.1) is 6.20 Å². The van der Waals surface area contributed by atoms with Gasteiger partial charge in [-0.1, -0.05) is 31.5 Å². The topological polar surface area (TPSA) is 41.8 Å². The molecule has 1 N–H and O–H groups in total. The van der Waals surface area contributed by atoms with E-state index in [2.05, 4.69) is 29.0 Å². The predicted octanol–water partition coefficient (Wildman–Crippen LogP) is 4.41. The number of hydrogen-bond donors (Lipinski definition) is 1. The van der Waals surface area contributed by atoms with Crippen LogP contribution in [-0.4, -0.2) is 9.97 Å². The third-order valence-corrected chi connectivity index (χ3v) is 3.15. The molecule has 0 radical (unpaired) electrons. The number of aromatic nitrogens is 2. The van der Waals surface area contributed by atoms with Gasteiger partial charge < -0.3 is 9.40 Å². The highest BCUT2D eigenvalue weighted by Gasteiger charge is 2.10. The van der Waals surface area contributed by atoms with E-state index in [-0.39, 0.29) is 1.43 Å². The maximum atomic E-state index is 5.81. The van der Waals surface area contributed by atoms with Gasteiger partial charge in [0.2, 0.25) is 0 Å². The number of aromatic amines is 1. The van der Waals surface area contributed by atoms with Crippen LogP contribution in [-0.2, 0) is 6.42 Å². The van der Waals surface area contributed by atoms with Crippen molar-refractivity contribution in [2.24, 2.45) is 0 Å². The molecule has 2 heterocycles. The average Bonchev–Trinajstić information content (AvgIpc) is 3.02. The summed E-state index contributed by atoms with van der Waals surface area (Å²) in [7, 11) is 0. The standard InChI is InChI=1S/C15H16N2O.H2/c1-2-3-8-15-17-10-14(18-15)12-9-16-13-7-5-4-6-11(12)13;/h4-7,9-10,16H,2-3,8H2,1H3;1H. The van der Waals surface area contributed by atoms with E-state index in [1.165, 1.54) is 5.39 Å². The molecule has 0 aliphatic heterocycles. The molecule has 0 bridgehead atoms. The second kappa shape index (κ2) is 4.69. The van der Waals surface area contributed by atoms with E-state index in [1.54, 1.807) is 0 Å². The van der Waals surface area contributed by atoms with E-state index in [0.29, 0.717) is 0 Å². The Kier molecular flexibility index (Phi) is 2.89. The van der Waals surface area contributed by atoms with Gasteiger partial charge in [-0.2, -0.15) is 0 Å². The van der Waals surface area contributed by atoms with Crippen molar-refractivity contribution in [3.05, 3.63) is 42.5 Å². The Morgan fingerprint density at radius 1 is 1.33 bits per heavy atom. The molecular formula is C15H18N2O. The summed E-state index contributed by atoms with van der Waals surface area (Å²) >= 11 is 0. The quantitative estimate of drug-likeness (QED) is 0.736. The van der Waals surface area contributed by atoms with Crippen LogP contribution in [0.2, 0.25) is 0 Å². The molecule has 94 valence electrons. The number of unbranched alkanes of at least 4 members (excludes halogenated alkanes) is 1. The maximum absolute atomic E-state index is 5.81. The van der Waals surface area contributed by atoms with Gasteiger partial charge in [-0.25, -0.2) is 4.98 Å². The van der Waals surface area contributed by atoms with Crippen LogP contribution < -0.4 is 0 Å². The number of rotatable bonds is 4. The Morgan fingerprint density at radius 3 is 3.11 bits per heavy atom. The number of oxazole rings is 1. The first-order chi connectivity index (χ1) is 8.88. The number of nitrogens with zero attached hydrogens (tertiary/aromatic N) is 1. The third-order valence-electron chi connectivity index (χ3n) is 3.15. The Bertz CT molecular complexity index is 657. The third kappa shape index (κ3) is 1.92. The first kappa shape index (κ1) is 11.1. The summed E-state index contributed by atoms with van der Waals surface area (Å²) in [5, 5.41) is 1.18. The van der Waals surface area contributed by atoms with Crippen LogP contribution in [0.1, 0.15) is 27.1 Å². The molecule has 3 aromatic rings. The summed E-state index contributed by atoms with van der Waals surface area (Å²) in [4.78, 5) is 7.59. The van der Waals surface area contributed by atoms with Crippen molar-refractivity contribution < 1.29 is 5.84 Å². The minimum absolute atomic E-state index is 0. The second-order valence-electron chi connectivity index (χ2n) is 4.47. The molecular weight excluding hydrogens is 224 g/mol. The van der Waals surface area contributed by atoms with E-state index in [4.69, 9.17) is 4.42 Å². The Balaban J connectivity index is 0.00000133. The van der Waals surface area contributed by atoms with Crippen LogP contribution in [0, 0.1) is 0 Å².